The van der Waals surface area contributed by atoms with E-state index in [9.17, 15) is 13.2 Å². The third kappa shape index (κ3) is 2.94. The summed E-state index contributed by atoms with van der Waals surface area (Å²) in [5.74, 6) is 0.274. The van der Waals surface area contributed by atoms with E-state index in [1.165, 1.54) is 0 Å². The molecular formula is C18H15N3O3S. The van der Waals surface area contributed by atoms with Crippen molar-refractivity contribution in [2.24, 2.45) is 0 Å². The highest BCUT2D eigenvalue weighted by Crippen LogP contribution is 2.32. The molecule has 0 saturated carbocycles. The fourth-order valence-corrected chi connectivity index (χ4v) is 4.75. The minimum absolute atomic E-state index is 0.134. The number of para-hydroxylation sites is 1. The van der Waals surface area contributed by atoms with Gasteiger partial charge in [0.2, 0.25) is 0 Å². The van der Waals surface area contributed by atoms with Gasteiger partial charge in [-0.25, -0.2) is 18.2 Å². The number of sulfone groups is 1. The molecule has 3 aromatic rings. The Bertz CT molecular complexity index is 1080. The van der Waals surface area contributed by atoms with Gasteiger partial charge in [-0.1, -0.05) is 36.4 Å². The van der Waals surface area contributed by atoms with Crippen LogP contribution in [0.2, 0.25) is 0 Å². The summed E-state index contributed by atoms with van der Waals surface area (Å²) in [6, 6.07) is 16.8. The lowest BCUT2D eigenvalue weighted by Crippen LogP contribution is -2.33. The number of nitrogens with zero attached hydrogens (tertiary/aromatic N) is 1. The molecule has 0 spiro atoms. The Kier molecular flexibility index (Phi) is 3.65. The first-order valence-corrected chi connectivity index (χ1v) is 9.43. The number of anilines is 1. The number of carbonyl (C=O) groups is 1. The molecule has 0 saturated heterocycles. The molecule has 2 heterocycles. The van der Waals surface area contributed by atoms with Crippen molar-refractivity contribution in [3.8, 4) is 0 Å². The van der Waals surface area contributed by atoms with E-state index in [2.05, 4.69) is 15.6 Å². The summed E-state index contributed by atoms with van der Waals surface area (Å²) in [6.07, 6.45) is 0. The number of benzene rings is 2. The Hall–Kier alpha value is -2.93. The minimum atomic E-state index is -3.36. The average molecular weight is 353 g/mol. The maximum Gasteiger partial charge on any atom is 0.320 e. The zero-order valence-electron chi connectivity index (χ0n) is 13.1. The molecule has 1 aromatic heterocycles. The second-order valence-electron chi connectivity index (χ2n) is 5.86. The van der Waals surface area contributed by atoms with Crippen LogP contribution in [-0.2, 0) is 9.84 Å². The summed E-state index contributed by atoms with van der Waals surface area (Å²) in [6.45, 7) is 0. The number of fused-ring (bicyclic) bond motifs is 2. The Morgan fingerprint density at radius 2 is 1.76 bits per heavy atom. The Morgan fingerprint density at radius 1 is 1.00 bits per heavy atom. The summed E-state index contributed by atoms with van der Waals surface area (Å²) in [4.78, 5) is 16.9. The van der Waals surface area contributed by atoms with E-state index < -0.39 is 21.9 Å². The molecule has 4 rings (SSSR count). The number of hydrogen-bond donors (Lipinski definition) is 2. The van der Waals surface area contributed by atoms with Crippen LogP contribution in [0.5, 0.6) is 0 Å². The van der Waals surface area contributed by atoms with Gasteiger partial charge >= 0.3 is 6.03 Å². The molecule has 0 aliphatic carbocycles. The molecule has 2 N–H and O–H groups in total. The molecule has 0 bridgehead atoms. The van der Waals surface area contributed by atoms with Gasteiger partial charge in [-0.15, -0.1) is 0 Å². The molecule has 1 unspecified atom stereocenters. The number of urea groups is 1. The standard InChI is InChI=1S/C18H15N3O3S/c22-18(21-17-10-9-12-5-1-3-7-14(12)19-17)20-15-11-25(23,24)16-8-4-2-6-13(15)16/h1-10,15H,11H2,(H2,19,20,21,22). The van der Waals surface area contributed by atoms with Crippen LogP contribution in [0.4, 0.5) is 10.6 Å². The van der Waals surface area contributed by atoms with Crippen molar-refractivity contribution in [2.75, 3.05) is 11.1 Å². The number of rotatable bonds is 2. The molecule has 2 amide bonds. The number of nitrogens with one attached hydrogen (secondary N) is 2. The third-order valence-corrected chi connectivity index (χ3v) is 5.97. The van der Waals surface area contributed by atoms with E-state index in [1.807, 2.05) is 30.3 Å². The quantitative estimate of drug-likeness (QED) is 0.741. The summed E-state index contributed by atoms with van der Waals surface area (Å²) in [5.41, 5.74) is 1.39. The molecule has 0 radical (unpaired) electrons. The molecule has 6 nitrogen and oxygen atoms in total. The number of carbonyl (C=O) groups excluding carboxylic acids is 1. The number of amides is 2. The predicted octanol–water partition coefficient (Wildman–Crippen LogP) is 2.88. The summed E-state index contributed by atoms with van der Waals surface area (Å²) < 4.78 is 24.3. The lowest BCUT2D eigenvalue weighted by molar-refractivity contribution is 0.249. The smallest absolute Gasteiger partial charge is 0.320 e. The van der Waals surface area contributed by atoms with Gasteiger partial charge in [0.1, 0.15) is 5.82 Å². The van der Waals surface area contributed by atoms with Gasteiger partial charge in [-0.3, -0.25) is 5.32 Å². The first-order valence-electron chi connectivity index (χ1n) is 7.78. The predicted molar refractivity (Wildman–Crippen MR) is 95.1 cm³/mol. The number of pyridine rings is 1. The molecule has 7 heteroatoms. The van der Waals surface area contributed by atoms with Crippen molar-refractivity contribution in [1.29, 1.82) is 0 Å². The monoisotopic (exact) mass is 353 g/mol. The van der Waals surface area contributed by atoms with Gasteiger partial charge in [-0.05, 0) is 29.8 Å². The lowest BCUT2D eigenvalue weighted by atomic mass is 10.1. The van der Waals surface area contributed by atoms with Crippen LogP contribution in [0.3, 0.4) is 0 Å². The molecule has 126 valence electrons. The van der Waals surface area contributed by atoms with Crippen LogP contribution in [-0.4, -0.2) is 25.2 Å². The SMILES string of the molecule is O=C(Nc1ccc2ccccc2n1)NC1CS(=O)(=O)c2ccccc21. The van der Waals surface area contributed by atoms with Crippen LogP contribution < -0.4 is 10.6 Å². The fourth-order valence-electron chi connectivity index (χ4n) is 3.02. The average Bonchev–Trinajstić information content (AvgIpc) is 2.85. The molecule has 1 atom stereocenters. The first-order chi connectivity index (χ1) is 12.0. The van der Waals surface area contributed by atoms with Crippen LogP contribution in [0.25, 0.3) is 10.9 Å². The number of aromatic nitrogens is 1. The second kappa shape index (κ2) is 5.86. The highest BCUT2D eigenvalue weighted by atomic mass is 32.2. The zero-order valence-corrected chi connectivity index (χ0v) is 14.0. The van der Waals surface area contributed by atoms with E-state index in [4.69, 9.17) is 0 Å². The van der Waals surface area contributed by atoms with Crippen molar-refractivity contribution in [3.05, 3.63) is 66.2 Å². The third-order valence-electron chi connectivity index (χ3n) is 4.16. The van der Waals surface area contributed by atoms with Crippen molar-refractivity contribution < 1.29 is 13.2 Å². The van der Waals surface area contributed by atoms with Gasteiger partial charge in [-0.2, -0.15) is 0 Å². The molecule has 0 fully saturated rings. The first kappa shape index (κ1) is 15.6. The van der Waals surface area contributed by atoms with Crippen LogP contribution in [0, 0.1) is 0 Å². The Balaban J connectivity index is 1.53. The highest BCUT2D eigenvalue weighted by molar-refractivity contribution is 7.91. The number of hydrogen-bond acceptors (Lipinski definition) is 4. The maximum absolute atomic E-state index is 12.3. The molecule has 1 aliphatic heterocycles. The Labute approximate surface area is 144 Å². The Morgan fingerprint density at radius 3 is 2.64 bits per heavy atom. The van der Waals surface area contributed by atoms with Crippen molar-refractivity contribution in [3.63, 3.8) is 0 Å². The van der Waals surface area contributed by atoms with E-state index in [0.717, 1.165) is 10.9 Å². The normalized spacial score (nSPS) is 17.8. The van der Waals surface area contributed by atoms with Crippen molar-refractivity contribution >= 4 is 32.6 Å². The van der Waals surface area contributed by atoms with Gasteiger partial charge in [0.25, 0.3) is 0 Å². The van der Waals surface area contributed by atoms with Gasteiger partial charge < -0.3 is 5.32 Å². The van der Waals surface area contributed by atoms with E-state index in [0.29, 0.717) is 11.4 Å². The van der Waals surface area contributed by atoms with E-state index in [1.54, 1.807) is 30.3 Å². The van der Waals surface area contributed by atoms with Crippen molar-refractivity contribution in [2.45, 2.75) is 10.9 Å². The van der Waals surface area contributed by atoms with Gasteiger partial charge in [0.05, 0.1) is 22.2 Å². The van der Waals surface area contributed by atoms with Crippen LogP contribution in [0.15, 0.2) is 65.6 Å². The van der Waals surface area contributed by atoms with Crippen LogP contribution >= 0.6 is 0 Å². The molecular weight excluding hydrogens is 338 g/mol. The lowest BCUT2D eigenvalue weighted by Gasteiger charge is -2.13. The summed E-state index contributed by atoms with van der Waals surface area (Å²) >= 11 is 0. The second-order valence-corrected chi connectivity index (χ2v) is 7.86. The summed E-state index contributed by atoms with van der Waals surface area (Å²) in [7, 11) is -3.36. The van der Waals surface area contributed by atoms with E-state index >= 15 is 0 Å². The largest absolute Gasteiger partial charge is 0.330 e. The molecule has 25 heavy (non-hydrogen) atoms. The van der Waals surface area contributed by atoms with Crippen molar-refractivity contribution in [1.82, 2.24) is 10.3 Å². The highest BCUT2D eigenvalue weighted by Gasteiger charge is 2.35. The zero-order chi connectivity index (χ0) is 17.4. The molecule has 2 aromatic carbocycles. The van der Waals surface area contributed by atoms with Crippen LogP contribution in [0.1, 0.15) is 11.6 Å². The summed E-state index contributed by atoms with van der Waals surface area (Å²) in [5, 5.41) is 6.36. The fraction of sp³-hybridized carbons (Fsp3) is 0.111. The minimum Gasteiger partial charge on any atom is -0.330 e. The van der Waals surface area contributed by atoms with Gasteiger partial charge in [0, 0.05) is 5.39 Å². The van der Waals surface area contributed by atoms with Gasteiger partial charge in [0.15, 0.2) is 9.84 Å². The maximum atomic E-state index is 12.3. The van der Waals surface area contributed by atoms with E-state index in [-0.39, 0.29) is 10.6 Å². The molecule has 1 aliphatic rings. The topological polar surface area (TPSA) is 88.2 Å².